The molecule has 0 fully saturated rings. The molecule has 4 heteroatoms. The lowest BCUT2D eigenvalue weighted by atomic mass is 10.1. The second-order valence-electron chi connectivity index (χ2n) is 4.46. The molecule has 1 N–H and O–H groups in total. The zero-order chi connectivity index (χ0) is 15.2. The zero-order valence-electron chi connectivity index (χ0n) is 11.4. The van der Waals surface area contributed by atoms with Crippen molar-refractivity contribution in [2.24, 2.45) is 0 Å². The van der Waals surface area contributed by atoms with Crippen LogP contribution in [0.3, 0.4) is 0 Å². The molecular formula is C17H13IN2O. The van der Waals surface area contributed by atoms with Crippen LogP contribution in [0.4, 0.5) is 5.69 Å². The molecule has 0 aliphatic rings. The summed E-state index contributed by atoms with van der Waals surface area (Å²) in [7, 11) is 0. The Bertz CT molecular complexity index is 744. The Morgan fingerprint density at radius 2 is 1.86 bits per heavy atom. The van der Waals surface area contributed by atoms with Crippen molar-refractivity contribution < 1.29 is 4.79 Å². The predicted molar refractivity (Wildman–Crippen MR) is 92.6 cm³/mol. The third-order valence-electron chi connectivity index (χ3n) is 2.96. The number of carbonyl (C=O) groups is 1. The predicted octanol–water partition coefficient (Wildman–Crippen LogP) is 4.15. The molecule has 0 unspecified atom stereocenters. The zero-order valence-corrected chi connectivity index (χ0v) is 13.6. The quantitative estimate of drug-likeness (QED) is 0.488. The van der Waals surface area contributed by atoms with Crippen LogP contribution in [0.15, 0.2) is 54.1 Å². The average Bonchev–Trinajstić information content (AvgIpc) is 2.48. The van der Waals surface area contributed by atoms with Crippen LogP contribution < -0.4 is 5.32 Å². The largest absolute Gasteiger partial charge is 0.321 e. The van der Waals surface area contributed by atoms with Crippen molar-refractivity contribution in [3.8, 4) is 6.07 Å². The van der Waals surface area contributed by atoms with Gasteiger partial charge in [-0.05, 0) is 58.9 Å². The summed E-state index contributed by atoms with van der Waals surface area (Å²) >= 11 is 2.18. The molecule has 0 bridgehead atoms. The first-order valence-corrected chi connectivity index (χ1v) is 7.43. The van der Waals surface area contributed by atoms with Gasteiger partial charge in [0, 0.05) is 9.26 Å². The Morgan fingerprint density at radius 1 is 1.19 bits per heavy atom. The van der Waals surface area contributed by atoms with E-state index in [0.29, 0.717) is 5.69 Å². The first kappa shape index (κ1) is 15.3. The van der Waals surface area contributed by atoms with Crippen molar-refractivity contribution in [1.29, 1.82) is 5.26 Å². The highest BCUT2D eigenvalue weighted by molar-refractivity contribution is 14.1. The minimum atomic E-state index is -0.397. The first-order chi connectivity index (χ1) is 10.1. The summed E-state index contributed by atoms with van der Waals surface area (Å²) < 4.78 is 0.992. The van der Waals surface area contributed by atoms with Crippen LogP contribution in [0.2, 0.25) is 0 Å². The van der Waals surface area contributed by atoms with E-state index in [9.17, 15) is 10.1 Å². The lowest BCUT2D eigenvalue weighted by molar-refractivity contribution is -0.112. The summed E-state index contributed by atoms with van der Waals surface area (Å²) in [6, 6.07) is 17.0. The molecule has 21 heavy (non-hydrogen) atoms. The lowest BCUT2D eigenvalue weighted by Crippen LogP contribution is -2.14. The number of benzene rings is 2. The highest BCUT2D eigenvalue weighted by Crippen LogP contribution is 2.17. The molecule has 2 rings (SSSR count). The van der Waals surface area contributed by atoms with Gasteiger partial charge in [0.15, 0.2) is 0 Å². The second-order valence-corrected chi connectivity index (χ2v) is 5.62. The first-order valence-electron chi connectivity index (χ1n) is 6.35. The van der Waals surface area contributed by atoms with E-state index in [2.05, 4.69) is 27.9 Å². The molecule has 0 spiro atoms. The maximum Gasteiger partial charge on any atom is 0.266 e. The maximum absolute atomic E-state index is 12.2. The normalized spacial score (nSPS) is 10.8. The molecule has 104 valence electrons. The SMILES string of the molecule is Cc1ccccc1NC(=O)/C(C#N)=C\c1ccccc1I. The molecule has 0 saturated heterocycles. The number of aryl methyl sites for hydroxylation is 1. The van der Waals surface area contributed by atoms with Gasteiger partial charge in [0.2, 0.25) is 0 Å². The highest BCUT2D eigenvalue weighted by Gasteiger charge is 2.11. The van der Waals surface area contributed by atoms with E-state index < -0.39 is 5.91 Å². The number of nitrogens with zero attached hydrogens (tertiary/aromatic N) is 1. The van der Waals surface area contributed by atoms with Crippen LogP contribution in [-0.4, -0.2) is 5.91 Å². The van der Waals surface area contributed by atoms with Crippen molar-refractivity contribution in [2.45, 2.75) is 6.92 Å². The number of anilines is 1. The minimum Gasteiger partial charge on any atom is -0.321 e. The molecule has 0 heterocycles. The van der Waals surface area contributed by atoms with Gasteiger partial charge in [-0.1, -0.05) is 36.4 Å². The van der Waals surface area contributed by atoms with Crippen LogP contribution >= 0.6 is 22.6 Å². The molecule has 0 aromatic heterocycles. The van der Waals surface area contributed by atoms with Gasteiger partial charge < -0.3 is 5.32 Å². The monoisotopic (exact) mass is 388 g/mol. The fourth-order valence-corrected chi connectivity index (χ4v) is 2.34. The summed E-state index contributed by atoms with van der Waals surface area (Å²) in [5.74, 6) is -0.397. The van der Waals surface area contributed by atoms with E-state index in [4.69, 9.17) is 0 Å². The summed E-state index contributed by atoms with van der Waals surface area (Å²) in [6.07, 6.45) is 1.61. The molecule has 2 aromatic carbocycles. The van der Waals surface area contributed by atoms with Gasteiger partial charge in [0.05, 0.1) is 0 Å². The molecule has 1 amide bonds. The van der Waals surface area contributed by atoms with Crippen molar-refractivity contribution >= 4 is 40.3 Å². The van der Waals surface area contributed by atoms with E-state index in [1.807, 2.05) is 61.5 Å². The third kappa shape index (κ3) is 3.92. The average molecular weight is 388 g/mol. The van der Waals surface area contributed by atoms with Gasteiger partial charge in [-0.15, -0.1) is 0 Å². The van der Waals surface area contributed by atoms with Gasteiger partial charge >= 0.3 is 0 Å². The van der Waals surface area contributed by atoms with Crippen molar-refractivity contribution in [3.05, 3.63) is 68.8 Å². The smallest absolute Gasteiger partial charge is 0.266 e. The van der Waals surface area contributed by atoms with Gasteiger partial charge in [-0.2, -0.15) is 5.26 Å². The van der Waals surface area contributed by atoms with Crippen LogP contribution in [0, 0.1) is 21.8 Å². The topological polar surface area (TPSA) is 52.9 Å². The number of nitrogens with one attached hydrogen (secondary N) is 1. The lowest BCUT2D eigenvalue weighted by Gasteiger charge is -2.07. The van der Waals surface area contributed by atoms with E-state index >= 15 is 0 Å². The second kappa shape index (κ2) is 7.04. The molecule has 2 aromatic rings. The number of halogens is 1. The number of carbonyl (C=O) groups excluding carboxylic acids is 1. The van der Waals surface area contributed by atoms with Gasteiger partial charge in [0.25, 0.3) is 5.91 Å². The van der Waals surface area contributed by atoms with E-state index in [-0.39, 0.29) is 5.57 Å². The van der Waals surface area contributed by atoms with Crippen LogP contribution in [0.25, 0.3) is 6.08 Å². The summed E-state index contributed by atoms with van der Waals surface area (Å²) in [5, 5.41) is 12.0. The number of amides is 1. The van der Waals surface area contributed by atoms with E-state index in [1.165, 1.54) is 0 Å². The Labute approximate surface area is 137 Å². The summed E-state index contributed by atoms with van der Waals surface area (Å²) in [6.45, 7) is 1.91. The summed E-state index contributed by atoms with van der Waals surface area (Å²) in [5.41, 5.74) is 2.61. The van der Waals surface area contributed by atoms with Crippen LogP contribution in [0.1, 0.15) is 11.1 Å². The molecule has 0 aliphatic heterocycles. The van der Waals surface area contributed by atoms with E-state index in [1.54, 1.807) is 6.08 Å². The molecule has 3 nitrogen and oxygen atoms in total. The number of para-hydroxylation sites is 1. The fourth-order valence-electron chi connectivity index (χ4n) is 1.80. The minimum absolute atomic E-state index is 0.0855. The Balaban J connectivity index is 2.26. The third-order valence-corrected chi connectivity index (χ3v) is 3.95. The molecule has 0 aliphatic carbocycles. The standard InChI is InChI=1S/C17H13IN2O/c1-12-6-2-5-9-16(12)20-17(21)14(11-19)10-13-7-3-4-8-15(13)18/h2-10H,1H3,(H,20,21)/b14-10-. The van der Waals surface area contributed by atoms with E-state index in [0.717, 1.165) is 14.7 Å². The molecule has 0 atom stereocenters. The Hall–Kier alpha value is -2.13. The van der Waals surface area contributed by atoms with Crippen LogP contribution in [-0.2, 0) is 4.79 Å². The Kier molecular flexibility index (Phi) is 5.12. The number of hydrogen-bond donors (Lipinski definition) is 1. The Morgan fingerprint density at radius 3 is 2.52 bits per heavy atom. The van der Waals surface area contributed by atoms with Crippen molar-refractivity contribution in [2.75, 3.05) is 5.32 Å². The van der Waals surface area contributed by atoms with Gasteiger partial charge in [0.1, 0.15) is 11.6 Å². The van der Waals surface area contributed by atoms with Crippen molar-refractivity contribution in [1.82, 2.24) is 0 Å². The van der Waals surface area contributed by atoms with Crippen LogP contribution in [0.5, 0.6) is 0 Å². The maximum atomic E-state index is 12.2. The molecule has 0 saturated carbocycles. The number of nitriles is 1. The molecule has 0 radical (unpaired) electrons. The van der Waals surface area contributed by atoms with Crippen molar-refractivity contribution in [3.63, 3.8) is 0 Å². The number of hydrogen-bond acceptors (Lipinski definition) is 2. The summed E-state index contributed by atoms with van der Waals surface area (Å²) in [4.78, 5) is 12.2. The number of rotatable bonds is 3. The van der Waals surface area contributed by atoms with Gasteiger partial charge in [-0.3, -0.25) is 4.79 Å². The highest BCUT2D eigenvalue weighted by atomic mass is 127. The molecular weight excluding hydrogens is 375 g/mol. The van der Waals surface area contributed by atoms with Gasteiger partial charge in [-0.25, -0.2) is 0 Å². The fraction of sp³-hybridized carbons (Fsp3) is 0.0588.